The molecule has 98 valence electrons. The average Bonchev–Trinajstić information content (AvgIpc) is 3.07. The van der Waals surface area contributed by atoms with Crippen LogP contribution in [0.1, 0.15) is 32.6 Å². The topological polar surface area (TPSA) is 66.5 Å². The molecule has 1 saturated carbocycles. The van der Waals surface area contributed by atoms with Gasteiger partial charge in [0.1, 0.15) is 11.9 Å². The summed E-state index contributed by atoms with van der Waals surface area (Å²) in [6.45, 7) is 2.00. The Morgan fingerprint density at radius 3 is 3.00 bits per heavy atom. The Hall–Kier alpha value is -1.06. The minimum Gasteiger partial charge on any atom is -0.297 e. The van der Waals surface area contributed by atoms with Crippen molar-refractivity contribution in [2.24, 2.45) is 7.05 Å². The Kier molecular flexibility index (Phi) is 4.25. The van der Waals surface area contributed by atoms with Gasteiger partial charge in [-0.05, 0) is 32.6 Å². The van der Waals surface area contributed by atoms with Gasteiger partial charge in [-0.15, -0.1) is 0 Å². The monoisotopic (exact) mass is 265 g/mol. The number of nitriles is 1. The van der Waals surface area contributed by atoms with Crippen LogP contribution < -0.4 is 5.32 Å². The third-order valence-corrected chi connectivity index (χ3v) is 4.19. The molecule has 1 N–H and O–H groups in total. The van der Waals surface area contributed by atoms with E-state index >= 15 is 0 Å². The lowest BCUT2D eigenvalue weighted by atomic mass is 9.98. The molecule has 1 aromatic heterocycles. The van der Waals surface area contributed by atoms with Crippen LogP contribution in [0.4, 0.5) is 0 Å². The summed E-state index contributed by atoms with van der Waals surface area (Å²) in [7, 11) is 1.89. The van der Waals surface area contributed by atoms with E-state index in [4.69, 9.17) is 0 Å². The van der Waals surface area contributed by atoms with Crippen molar-refractivity contribution in [3.63, 3.8) is 0 Å². The van der Waals surface area contributed by atoms with Crippen molar-refractivity contribution in [1.29, 1.82) is 5.26 Å². The molecule has 2 rings (SSSR count). The number of aryl methyl sites for hydroxylation is 1. The zero-order valence-corrected chi connectivity index (χ0v) is 11.7. The van der Waals surface area contributed by atoms with Gasteiger partial charge in [0, 0.05) is 18.8 Å². The van der Waals surface area contributed by atoms with Gasteiger partial charge >= 0.3 is 0 Å². The molecule has 0 amide bonds. The zero-order chi connectivity index (χ0) is 13.0. The number of hydrogen-bond acceptors (Lipinski definition) is 5. The summed E-state index contributed by atoms with van der Waals surface area (Å²) in [5.41, 5.74) is -0.373. The molecule has 0 bridgehead atoms. The van der Waals surface area contributed by atoms with E-state index in [0.29, 0.717) is 6.04 Å². The molecule has 1 heterocycles. The first-order valence-corrected chi connectivity index (χ1v) is 7.27. The fraction of sp³-hybridized carbons (Fsp3) is 0.750. The van der Waals surface area contributed by atoms with Gasteiger partial charge in [0.05, 0.1) is 6.07 Å². The number of nitrogens with one attached hydrogen (secondary N) is 1. The number of hydrogen-bond donors (Lipinski definition) is 1. The van der Waals surface area contributed by atoms with Gasteiger partial charge in [0.2, 0.25) is 0 Å². The van der Waals surface area contributed by atoms with Crippen molar-refractivity contribution in [2.75, 3.05) is 5.75 Å². The highest BCUT2D eigenvalue weighted by Crippen LogP contribution is 2.25. The van der Waals surface area contributed by atoms with E-state index in [1.807, 2.05) is 14.0 Å². The third kappa shape index (κ3) is 3.72. The van der Waals surface area contributed by atoms with Gasteiger partial charge in [-0.3, -0.25) is 5.32 Å². The molecule has 6 heteroatoms. The minimum absolute atomic E-state index is 0.373. The Morgan fingerprint density at radius 1 is 1.67 bits per heavy atom. The summed E-state index contributed by atoms with van der Waals surface area (Å²) < 4.78 is 1.77. The first-order valence-electron chi connectivity index (χ1n) is 6.29. The quantitative estimate of drug-likeness (QED) is 0.600. The molecule has 1 aliphatic carbocycles. The van der Waals surface area contributed by atoms with Crippen molar-refractivity contribution in [2.45, 2.75) is 49.3 Å². The van der Waals surface area contributed by atoms with Gasteiger partial charge in [-0.2, -0.15) is 10.4 Å². The Labute approximate surface area is 112 Å². The molecule has 1 fully saturated rings. The van der Waals surface area contributed by atoms with Crippen LogP contribution in [0.5, 0.6) is 0 Å². The lowest BCUT2D eigenvalue weighted by Gasteiger charge is -2.22. The van der Waals surface area contributed by atoms with Crippen LogP contribution in [-0.4, -0.2) is 32.1 Å². The smallest absolute Gasteiger partial charge is 0.185 e. The maximum Gasteiger partial charge on any atom is 0.185 e. The number of thioether (sulfide) groups is 1. The van der Waals surface area contributed by atoms with Crippen LogP contribution in [0.15, 0.2) is 11.5 Å². The summed E-state index contributed by atoms with van der Waals surface area (Å²) in [4.78, 5) is 4.16. The molecule has 18 heavy (non-hydrogen) atoms. The fourth-order valence-corrected chi connectivity index (χ4v) is 2.67. The van der Waals surface area contributed by atoms with Crippen molar-refractivity contribution in [3.8, 4) is 6.07 Å². The molecule has 5 nitrogen and oxygen atoms in total. The minimum atomic E-state index is -0.373. The molecule has 0 saturated heterocycles. The van der Waals surface area contributed by atoms with Gasteiger partial charge in [0.15, 0.2) is 5.16 Å². The maximum absolute atomic E-state index is 9.24. The van der Waals surface area contributed by atoms with Gasteiger partial charge < -0.3 is 0 Å². The van der Waals surface area contributed by atoms with Crippen molar-refractivity contribution < 1.29 is 0 Å². The van der Waals surface area contributed by atoms with E-state index in [1.165, 1.54) is 12.8 Å². The summed E-state index contributed by atoms with van der Waals surface area (Å²) in [5, 5.41) is 17.6. The molecule has 1 aliphatic rings. The first-order chi connectivity index (χ1) is 8.63. The molecule has 1 unspecified atom stereocenters. The number of aromatic nitrogens is 3. The predicted octanol–water partition coefficient (Wildman–Crippen LogP) is 1.72. The van der Waals surface area contributed by atoms with Crippen LogP contribution >= 0.6 is 11.8 Å². The fourth-order valence-electron chi connectivity index (χ4n) is 1.84. The lowest BCUT2D eigenvalue weighted by molar-refractivity contribution is 0.411. The van der Waals surface area contributed by atoms with Crippen molar-refractivity contribution >= 4 is 11.8 Å². The number of nitrogens with zero attached hydrogens (tertiary/aromatic N) is 4. The summed E-state index contributed by atoms with van der Waals surface area (Å²) in [5.74, 6) is 0.968. The second kappa shape index (κ2) is 5.72. The highest BCUT2D eigenvalue weighted by Gasteiger charge is 2.31. The average molecular weight is 265 g/mol. The van der Waals surface area contributed by atoms with Crippen LogP contribution in [0.3, 0.4) is 0 Å². The van der Waals surface area contributed by atoms with E-state index in [0.717, 1.165) is 23.8 Å². The normalized spacial score (nSPS) is 18.3. The maximum atomic E-state index is 9.24. The van der Waals surface area contributed by atoms with E-state index in [9.17, 15) is 5.26 Å². The van der Waals surface area contributed by atoms with Crippen LogP contribution in [0, 0.1) is 11.3 Å². The van der Waals surface area contributed by atoms with Crippen molar-refractivity contribution in [1.82, 2.24) is 20.1 Å². The lowest BCUT2D eigenvalue weighted by Crippen LogP contribution is -2.42. The van der Waals surface area contributed by atoms with E-state index < -0.39 is 0 Å². The molecule has 0 aliphatic heterocycles. The Morgan fingerprint density at radius 2 is 2.44 bits per heavy atom. The van der Waals surface area contributed by atoms with Gasteiger partial charge in [-0.25, -0.2) is 9.67 Å². The second-order valence-electron chi connectivity index (χ2n) is 4.98. The molecule has 0 radical (unpaired) electrons. The summed E-state index contributed by atoms with van der Waals surface area (Å²) in [6.07, 6.45) is 5.87. The highest BCUT2D eigenvalue weighted by molar-refractivity contribution is 7.99. The molecule has 0 aromatic carbocycles. The predicted molar refractivity (Wildman–Crippen MR) is 71.1 cm³/mol. The molecular formula is C12H19N5S. The van der Waals surface area contributed by atoms with Crippen LogP contribution in [0.2, 0.25) is 0 Å². The van der Waals surface area contributed by atoms with E-state index in [1.54, 1.807) is 22.8 Å². The first kappa shape index (κ1) is 13.4. The molecule has 1 aromatic rings. The standard InChI is InChI=1S/C12H19N5S/c1-12(8-13,16-10-4-5-10)6-3-7-18-11-14-9-15-17(11)2/h9-10,16H,3-7H2,1-2H3. The van der Waals surface area contributed by atoms with Gasteiger partial charge in [-0.1, -0.05) is 11.8 Å². The largest absolute Gasteiger partial charge is 0.297 e. The van der Waals surface area contributed by atoms with E-state index in [-0.39, 0.29) is 5.54 Å². The summed E-state index contributed by atoms with van der Waals surface area (Å²) in [6, 6.07) is 2.97. The molecular weight excluding hydrogens is 246 g/mol. The van der Waals surface area contributed by atoms with Crippen LogP contribution in [-0.2, 0) is 7.05 Å². The SMILES string of the molecule is Cn1ncnc1SCCCC(C)(C#N)NC1CC1. The van der Waals surface area contributed by atoms with Gasteiger partial charge in [0.25, 0.3) is 0 Å². The Bertz CT molecular complexity index is 434. The zero-order valence-electron chi connectivity index (χ0n) is 10.9. The highest BCUT2D eigenvalue weighted by atomic mass is 32.2. The molecule has 0 spiro atoms. The van der Waals surface area contributed by atoms with Crippen molar-refractivity contribution in [3.05, 3.63) is 6.33 Å². The van der Waals surface area contributed by atoms with Crippen LogP contribution in [0.25, 0.3) is 0 Å². The third-order valence-electron chi connectivity index (χ3n) is 3.07. The Balaban J connectivity index is 1.70. The second-order valence-corrected chi connectivity index (χ2v) is 6.04. The van der Waals surface area contributed by atoms with E-state index in [2.05, 4.69) is 21.5 Å². The summed E-state index contributed by atoms with van der Waals surface area (Å²) >= 11 is 1.69. The number of rotatable bonds is 7. The molecule has 1 atom stereocenters.